The van der Waals surface area contributed by atoms with Crippen LogP contribution in [0.15, 0.2) is 18.2 Å². The molecule has 0 aromatic carbocycles. The summed E-state index contributed by atoms with van der Waals surface area (Å²) in [5.41, 5.74) is 5.94. The van der Waals surface area contributed by atoms with Gasteiger partial charge in [-0.25, -0.2) is 4.79 Å². The Morgan fingerprint density at radius 3 is 2.50 bits per heavy atom. The Morgan fingerprint density at radius 2 is 1.95 bits per heavy atom. The lowest BCUT2D eigenvalue weighted by molar-refractivity contribution is 0.00764. The molecule has 2 aromatic rings. The van der Waals surface area contributed by atoms with Gasteiger partial charge in [0.15, 0.2) is 0 Å². The fourth-order valence-corrected chi connectivity index (χ4v) is 3.70. The number of carbonyl (C=O) groups is 1. The van der Waals surface area contributed by atoms with Crippen molar-refractivity contribution in [3.63, 3.8) is 0 Å². The van der Waals surface area contributed by atoms with Crippen LogP contribution in [0.5, 0.6) is 0 Å². The number of esters is 1. The molecule has 0 aliphatic carbocycles. The van der Waals surface area contributed by atoms with Crippen molar-refractivity contribution < 1.29 is 9.53 Å². The van der Waals surface area contributed by atoms with Gasteiger partial charge in [0.25, 0.3) is 0 Å². The van der Waals surface area contributed by atoms with E-state index in [2.05, 4.69) is 19.1 Å². The predicted octanol–water partition coefficient (Wildman–Crippen LogP) is 4.58. The van der Waals surface area contributed by atoms with E-state index in [0.29, 0.717) is 10.6 Å². The van der Waals surface area contributed by atoms with Gasteiger partial charge in [-0.2, -0.15) is 0 Å². The Bertz CT molecular complexity index is 620. The quantitative estimate of drug-likeness (QED) is 0.845. The summed E-state index contributed by atoms with van der Waals surface area (Å²) >= 11 is 3.13. The molecule has 0 saturated carbocycles. The van der Waals surface area contributed by atoms with E-state index in [-0.39, 0.29) is 5.97 Å². The zero-order valence-corrected chi connectivity index (χ0v) is 13.8. The minimum atomic E-state index is -0.508. The first-order valence-electron chi connectivity index (χ1n) is 6.52. The summed E-state index contributed by atoms with van der Waals surface area (Å²) in [6.07, 6.45) is 1.02. The molecule has 0 saturated heterocycles. The first-order chi connectivity index (χ1) is 9.30. The molecule has 0 radical (unpaired) electrons. The van der Waals surface area contributed by atoms with Gasteiger partial charge >= 0.3 is 5.97 Å². The summed E-state index contributed by atoms with van der Waals surface area (Å²) in [6.45, 7) is 7.68. The highest BCUT2D eigenvalue weighted by Gasteiger charge is 2.22. The third-order valence-corrected chi connectivity index (χ3v) is 5.15. The molecule has 2 rings (SSSR count). The molecule has 20 heavy (non-hydrogen) atoms. The van der Waals surface area contributed by atoms with Crippen molar-refractivity contribution >= 4 is 34.3 Å². The lowest BCUT2D eigenvalue weighted by atomic mass is 10.2. The Balaban J connectivity index is 2.27. The number of nitrogen functional groups attached to an aromatic ring is 1. The van der Waals surface area contributed by atoms with Gasteiger partial charge in [-0.1, -0.05) is 6.92 Å². The first-order valence-corrected chi connectivity index (χ1v) is 8.15. The monoisotopic (exact) mass is 309 g/mol. The van der Waals surface area contributed by atoms with Gasteiger partial charge in [0.2, 0.25) is 0 Å². The number of carbonyl (C=O) groups excluding carboxylic acids is 1. The number of nitrogens with two attached hydrogens (primary N) is 1. The average Bonchev–Trinajstić information content (AvgIpc) is 2.92. The van der Waals surface area contributed by atoms with Crippen molar-refractivity contribution in [3.8, 4) is 9.75 Å². The van der Waals surface area contributed by atoms with Crippen LogP contribution in [-0.4, -0.2) is 11.6 Å². The van der Waals surface area contributed by atoms with E-state index >= 15 is 0 Å². The Hall–Kier alpha value is -1.33. The average molecular weight is 309 g/mol. The Labute approximate surface area is 127 Å². The molecule has 2 aromatic heterocycles. The van der Waals surface area contributed by atoms with Crippen LogP contribution in [0.3, 0.4) is 0 Å². The van der Waals surface area contributed by atoms with E-state index in [1.54, 1.807) is 11.3 Å². The molecule has 3 nitrogen and oxygen atoms in total. The van der Waals surface area contributed by atoms with Gasteiger partial charge in [-0.3, -0.25) is 0 Å². The van der Waals surface area contributed by atoms with Gasteiger partial charge in [-0.15, -0.1) is 22.7 Å². The van der Waals surface area contributed by atoms with Gasteiger partial charge in [0.05, 0.1) is 5.69 Å². The highest BCUT2D eigenvalue weighted by atomic mass is 32.1. The maximum atomic E-state index is 12.1. The third kappa shape index (κ3) is 3.41. The van der Waals surface area contributed by atoms with Gasteiger partial charge in [-0.05, 0) is 45.4 Å². The van der Waals surface area contributed by atoms with Crippen LogP contribution in [-0.2, 0) is 11.2 Å². The lowest BCUT2D eigenvalue weighted by Crippen LogP contribution is -2.23. The second-order valence-corrected chi connectivity index (χ2v) is 7.74. The number of hydrogen-bond donors (Lipinski definition) is 1. The topological polar surface area (TPSA) is 52.3 Å². The summed E-state index contributed by atoms with van der Waals surface area (Å²) in [5.74, 6) is -0.349. The van der Waals surface area contributed by atoms with E-state index in [9.17, 15) is 4.79 Å². The molecular weight excluding hydrogens is 290 g/mol. The molecule has 2 N–H and O–H groups in total. The zero-order chi connectivity index (χ0) is 14.9. The number of ether oxygens (including phenoxy) is 1. The first kappa shape index (κ1) is 15.1. The maximum absolute atomic E-state index is 12.1. The lowest BCUT2D eigenvalue weighted by Gasteiger charge is -2.18. The van der Waals surface area contributed by atoms with Crippen molar-refractivity contribution in [1.29, 1.82) is 0 Å². The summed E-state index contributed by atoms with van der Waals surface area (Å²) in [7, 11) is 0. The molecule has 0 bridgehead atoms. The molecule has 0 aliphatic rings. The molecule has 5 heteroatoms. The molecule has 0 aliphatic heterocycles. The standard InChI is InChI=1S/C15H19NO2S2/c1-5-9-6-7-11(19-9)12-8-10(16)13(20-12)14(17)18-15(2,3)4/h6-8H,5,16H2,1-4H3. The number of thiophene rings is 2. The molecule has 0 unspecified atom stereocenters. The molecule has 108 valence electrons. The van der Waals surface area contributed by atoms with Crippen molar-refractivity contribution in [2.45, 2.75) is 39.7 Å². The molecule has 0 atom stereocenters. The second-order valence-electron chi connectivity index (χ2n) is 5.52. The van der Waals surface area contributed by atoms with E-state index in [1.807, 2.05) is 26.8 Å². The van der Waals surface area contributed by atoms with Crippen LogP contribution < -0.4 is 5.73 Å². The van der Waals surface area contributed by atoms with Crippen LogP contribution in [0.25, 0.3) is 9.75 Å². The zero-order valence-electron chi connectivity index (χ0n) is 12.1. The fraction of sp³-hybridized carbons (Fsp3) is 0.400. The van der Waals surface area contributed by atoms with Crippen molar-refractivity contribution in [1.82, 2.24) is 0 Å². The smallest absolute Gasteiger partial charge is 0.350 e. The minimum Gasteiger partial charge on any atom is -0.456 e. The van der Waals surface area contributed by atoms with Gasteiger partial charge in [0, 0.05) is 14.6 Å². The van der Waals surface area contributed by atoms with Crippen molar-refractivity contribution in [2.24, 2.45) is 0 Å². The molecule has 0 fully saturated rings. The van der Waals surface area contributed by atoms with Gasteiger partial charge < -0.3 is 10.5 Å². The van der Waals surface area contributed by atoms with E-state index < -0.39 is 5.60 Å². The van der Waals surface area contributed by atoms with Crippen molar-refractivity contribution in [2.75, 3.05) is 5.73 Å². The highest BCUT2D eigenvalue weighted by Crippen LogP contribution is 2.37. The summed E-state index contributed by atoms with van der Waals surface area (Å²) in [4.78, 5) is 16.1. The number of aryl methyl sites for hydroxylation is 1. The van der Waals surface area contributed by atoms with E-state index in [1.165, 1.54) is 16.2 Å². The summed E-state index contributed by atoms with van der Waals surface area (Å²) < 4.78 is 5.38. The van der Waals surface area contributed by atoms with Crippen LogP contribution in [0.1, 0.15) is 42.2 Å². The number of rotatable bonds is 3. The van der Waals surface area contributed by atoms with Crippen LogP contribution >= 0.6 is 22.7 Å². The van der Waals surface area contributed by atoms with Crippen molar-refractivity contribution in [3.05, 3.63) is 28.0 Å². The third-order valence-electron chi connectivity index (χ3n) is 2.60. The number of anilines is 1. The number of hydrogen-bond acceptors (Lipinski definition) is 5. The van der Waals surface area contributed by atoms with Gasteiger partial charge in [0.1, 0.15) is 10.5 Å². The Kier molecular flexibility index (Phi) is 4.20. The minimum absolute atomic E-state index is 0.349. The molecule has 2 heterocycles. The highest BCUT2D eigenvalue weighted by molar-refractivity contribution is 7.23. The molecule has 0 spiro atoms. The van der Waals surface area contributed by atoms with E-state index in [0.717, 1.165) is 16.2 Å². The van der Waals surface area contributed by atoms with Crippen LogP contribution in [0.2, 0.25) is 0 Å². The molecular formula is C15H19NO2S2. The second kappa shape index (κ2) is 5.58. The maximum Gasteiger partial charge on any atom is 0.350 e. The summed E-state index contributed by atoms with van der Waals surface area (Å²) in [5, 5.41) is 0. The predicted molar refractivity (Wildman–Crippen MR) is 86.6 cm³/mol. The SMILES string of the molecule is CCc1ccc(-c2cc(N)c(C(=O)OC(C)(C)C)s2)s1. The van der Waals surface area contributed by atoms with Crippen LogP contribution in [0.4, 0.5) is 5.69 Å². The normalized spacial score (nSPS) is 11.6. The molecule has 0 amide bonds. The fourth-order valence-electron chi connectivity index (χ4n) is 1.71. The van der Waals surface area contributed by atoms with E-state index in [4.69, 9.17) is 10.5 Å². The van der Waals surface area contributed by atoms with Crippen LogP contribution in [0, 0.1) is 0 Å². The Morgan fingerprint density at radius 1 is 1.25 bits per heavy atom. The summed E-state index contributed by atoms with van der Waals surface area (Å²) in [6, 6.07) is 6.05. The largest absolute Gasteiger partial charge is 0.456 e.